The highest BCUT2D eigenvalue weighted by Gasteiger charge is 2.42. The number of H-pyrrole nitrogens is 1. The summed E-state index contributed by atoms with van der Waals surface area (Å²) in [5.74, 6) is 0.316. The highest BCUT2D eigenvalue weighted by atomic mass is 16.5. The van der Waals surface area contributed by atoms with E-state index in [9.17, 15) is 9.59 Å². The average Bonchev–Trinajstić information content (AvgIpc) is 3.11. The Bertz CT molecular complexity index is 797. The number of hydrogen-bond acceptors (Lipinski definition) is 6. The normalized spacial score (nSPS) is 13.7. The zero-order chi connectivity index (χ0) is 16.7. The predicted molar refractivity (Wildman–Crippen MR) is 81.2 cm³/mol. The molecule has 0 fully saturated rings. The SMILES string of the molecule is COc1ccc2c(c1OC)C(=O)N(c1n[nH]c(C(C)C)n1)C2=O. The first-order valence-corrected chi connectivity index (χ1v) is 7.05. The fourth-order valence-corrected chi connectivity index (χ4v) is 2.45. The van der Waals surface area contributed by atoms with Gasteiger partial charge < -0.3 is 9.47 Å². The Morgan fingerprint density at radius 3 is 2.43 bits per heavy atom. The number of rotatable bonds is 4. The number of fused-ring (bicyclic) bond motifs is 1. The zero-order valence-electron chi connectivity index (χ0n) is 13.2. The number of imide groups is 1. The molecule has 8 heteroatoms. The largest absolute Gasteiger partial charge is 0.493 e. The molecule has 8 nitrogen and oxygen atoms in total. The molecule has 1 N–H and O–H groups in total. The lowest BCUT2D eigenvalue weighted by atomic mass is 10.1. The van der Waals surface area contributed by atoms with Gasteiger partial charge in [-0.05, 0) is 12.1 Å². The van der Waals surface area contributed by atoms with Crippen LogP contribution in [0.2, 0.25) is 0 Å². The van der Waals surface area contributed by atoms with Crippen LogP contribution in [-0.4, -0.2) is 41.2 Å². The lowest BCUT2D eigenvalue weighted by molar-refractivity contribution is 0.0923. The maximum atomic E-state index is 12.7. The fraction of sp³-hybridized carbons (Fsp3) is 0.333. The van der Waals surface area contributed by atoms with Crippen LogP contribution in [0.15, 0.2) is 12.1 Å². The van der Waals surface area contributed by atoms with Gasteiger partial charge in [0.2, 0.25) is 0 Å². The molecule has 0 unspecified atom stereocenters. The number of anilines is 1. The summed E-state index contributed by atoms with van der Waals surface area (Å²) in [6.45, 7) is 3.86. The number of benzene rings is 1. The van der Waals surface area contributed by atoms with Crippen LogP contribution in [0.4, 0.5) is 5.95 Å². The van der Waals surface area contributed by atoms with Gasteiger partial charge in [0.05, 0.1) is 25.3 Å². The van der Waals surface area contributed by atoms with E-state index in [1.165, 1.54) is 20.3 Å². The first-order valence-electron chi connectivity index (χ1n) is 7.05. The van der Waals surface area contributed by atoms with Crippen LogP contribution in [0.3, 0.4) is 0 Å². The molecule has 2 aromatic rings. The number of carbonyl (C=O) groups excluding carboxylic acids is 2. The van der Waals surface area contributed by atoms with Crippen molar-refractivity contribution in [3.63, 3.8) is 0 Å². The molecule has 120 valence electrons. The van der Waals surface area contributed by atoms with Gasteiger partial charge in [-0.1, -0.05) is 13.8 Å². The first kappa shape index (κ1) is 15.0. The molecule has 0 bridgehead atoms. The van der Waals surface area contributed by atoms with Gasteiger partial charge in [0, 0.05) is 5.92 Å². The Morgan fingerprint density at radius 2 is 1.87 bits per heavy atom. The minimum Gasteiger partial charge on any atom is -0.493 e. The molecule has 0 atom stereocenters. The summed E-state index contributed by atoms with van der Waals surface area (Å²) in [6, 6.07) is 3.12. The highest BCUT2D eigenvalue weighted by molar-refractivity contribution is 6.35. The second-order valence-corrected chi connectivity index (χ2v) is 5.34. The Morgan fingerprint density at radius 1 is 1.13 bits per heavy atom. The number of nitrogens with zero attached hydrogens (tertiary/aromatic N) is 3. The lowest BCUT2D eigenvalue weighted by Crippen LogP contribution is -2.30. The van der Waals surface area contributed by atoms with Gasteiger partial charge in [-0.3, -0.25) is 14.7 Å². The summed E-state index contributed by atoms with van der Waals surface area (Å²) < 4.78 is 10.4. The highest BCUT2D eigenvalue weighted by Crippen LogP contribution is 2.39. The van der Waals surface area contributed by atoms with E-state index in [2.05, 4.69) is 15.2 Å². The molecule has 0 aliphatic carbocycles. The third kappa shape index (κ3) is 2.14. The summed E-state index contributed by atoms with van der Waals surface area (Å²) in [7, 11) is 2.88. The van der Waals surface area contributed by atoms with Crippen LogP contribution in [0.1, 0.15) is 46.3 Å². The van der Waals surface area contributed by atoms with Gasteiger partial charge in [-0.15, -0.1) is 5.10 Å². The molecule has 0 spiro atoms. The van der Waals surface area contributed by atoms with Gasteiger partial charge in [0.15, 0.2) is 11.5 Å². The second kappa shape index (κ2) is 5.38. The van der Waals surface area contributed by atoms with E-state index in [0.29, 0.717) is 11.6 Å². The lowest BCUT2D eigenvalue weighted by Gasteiger charge is -2.10. The molecule has 0 saturated carbocycles. The Hall–Kier alpha value is -2.90. The van der Waals surface area contributed by atoms with E-state index >= 15 is 0 Å². The molecule has 1 aromatic carbocycles. The Labute approximate surface area is 132 Å². The Kier molecular flexibility index (Phi) is 3.51. The van der Waals surface area contributed by atoms with Crippen LogP contribution >= 0.6 is 0 Å². The number of amides is 2. The van der Waals surface area contributed by atoms with Crippen molar-refractivity contribution in [3.8, 4) is 11.5 Å². The van der Waals surface area contributed by atoms with E-state index in [-0.39, 0.29) is 28.7 Å². The van der Waals surface area contributed by atoms with Crippen molar-refractivity contribution in [2.75, 3.05) is 19.1 Å². The third-order valence-electron chi connectivity index (χ3n) is 3.63. The minimum atomic E-state index is -0.532. The number of hydrogen-bond donors (Lipinski definition) is 1. The van der Waals surface area contributed by atoms with E-state index in [0.717, 1.165) is 4.90 Å². The van der Waals surface area contributed by atoms with Gasteiger partial charge in [-0.2, -0.15) is 4.98 Å². The molecule has 2 amide bonds. The molecule has 2 heterocycles. The molecule has 1 aliphatic rings. The monoisotopic (exact) mass is 316 g/mol. The average molecular weight is 316 g/mol. The molecule has 23 heavy (non-hydrogen) atoms. The number of nitrogens with one attached hydrogen (secondary N) is 1. The summed E-state index contributed by atoms with van der Waals surface area (Å²) in [4.78, 5) is 30.4. The van der Waals surface area contributed by atoms with E-state index in [1.54, 1.807) is 6.07 Å². The standard InChI is InChI=1S/C15H16N4O4/c1-7(2)12-16-15(18-17-12)19-13(20)8-5-6-9(22-3)11(23-4)10(8)14(19)21/h5-7H,1-4H3,(H,16,17,18). The van der Waals surface area contributed by atoms with Gasteiger partial charge >= 0.3 is 0 Å². The number of aromatic nitrogens is 3. The summed E-state index contributed by atoms with van der Waals surface area (Å²) in [5, 5.41) is 6.72. The Balaban J connectivity index is 2.10. The molecule has 1 aromatic heterocycles. The van der Waals surface area contributed by atoms with Gasteiger partial charge in [0.1, 0.15) is 5.82 Å². The summed E-state index contributed by atoms with van der Waals surface area (Å²) in [6.07, 6.45) is 0. The third-order valence-corrected chi connectivity index (χ3v) is 3.63. The van der Waals surface area contributed by atoms with Crippen LogP contribution < -0.4 is 14.4 Å². The minimum absolute atomic E-state index is 0.0286. The molecular weight excluding hydrogens is 300 g/mol. The maximum Gasteiger partial charge on any atom is 0.272 e. The first-order chi connectivity index (χ1) is 11.0. The smallest absolute Gasteiger partial charge is 0.272 e. The van der Waals surface area contributed by atoms with Crippen molar-refractivity contribution in [1.82, 2.24) is 15.2 Å². The summed E-state index contributed by atoms with van der Waals surface area (Å²) >= 11 is 0. The van der Waals surface area contributed by atoms with Crippen LogP contribution in [0, 0.1) is 0 Å². The van der Waals surface area contributed by atoms with E-state index in [4.69, 9.17) is 9.47 Å². The van der Waals surface area contributed by atoms with Crippen molar-refractivity contribution in [2.45, 2.75) is 19.8 Å². The van der Waals surface area contributed by atoms with E-state index in [1.807, 2.05) is 13.8 Å². The van der Waals surface area contributed by atoms with Crippen molar-refractivity contribution in [2.24, 2.45) is 0 Å². The topological polar surface area (TPSA) is 97.4 Å². The fourth-order valence-electron chi connectivity index (χ4n) is 2.45. The van der Waals surface area contributed by atoms with Crippen LogP contribution in [0.5, 0.6) is 11.5 Å². The summed E-state index contributed by atoms with van der Waals surface area (Å²) in [5.41, 5.74) is 0.399. The van der Waals surface area contributed by atoms with Crippen LogP contribution in [0.25, 0.3) is 0 Å². The number of aromatic amines is 1. The predicted octanol–water partition coefficient (Wildman–Crippen LogP) is 1.75. The van der Waals surface area contributed by atoms with Crippen molar-refractivity contribution in [3.05, 3.63) is 29.1 Å². The molecule has 3 rings (SSSR count). The number of carbonyl (C=O) groups is 2. The second-order valence-electron chi connectivity index (χ2n) is 5.34. The molecule has 1 aliphatic heterocycles. The molecule has 0 saturated heterocycles. The van der Waals surface area contributed by atoms with Crippen molar-refractivity contribution in [1.29, 1.82) is 0 Å². The van der Waals surface area contributed by atoms with Gasteiger partial charge in [-0.25, -0.2) is 4.90 Å². The van der Waals surface area contributed by atoms with Gasteiger partial charge in [0.25, 0.3) is 17.8 Å². The van der Waals surface area contributed by atoms with Crippen LogP contribution in [-0.2, 0) is 0 Å². The van der Waals surface area contributed by atoms with Crippen molar-refractivity contribution >= 4 is 17.8 Å². The quantitative estimate of drug-likeness (QED) is 0.863. The van der Waals surface area contributed by atoms with Crippen molar-refractivity contribution < 1.29 is 19.1 Å². The molecular formula is C15H16N4O4. The van der Waals surface area contributed by atoms with E-state index < -0.39 is 11.8 Å². The number of ether oxygens (including phenoxy) is 2. The zero-order valence-corrected chi connectivity index (χ0v) is 13.2. The number of methoxy groups -OCH3 is 2. The maximum absolute atomic E-state index is 12.7. The molecule has 0 radical (unpaired) electrons.